The molecule has 4 heteroatoms. The third-order valence-electron chi connectivity index (χ3n) is 4.33. The Labute approximate surface area is 134 Å². The molecule has 1 aliphatic heterocycles. The van der Waals surface area contributed by atoms with Gasteiger partial charge in [0.25, 0.3) is 0 Å². The normalized spacial score (nSPS) is 15.0. The number of para-hydroxylation sites is 1. The molecule has 1 N–H and O–H groups in total. The Bertz CT molecular complexity index is 477. The van der Waals surface area contributed by atoms with Crippen molar-refractivity contribution in [1.29, 1.82) is 0 Å². The second-order valence-electron chi connectivity index (χ2n) is 6.04. The monoisotopic (exact) mass is 303 g/mol. The van der Waals surface area contributed by atoms with Crippen molar-refractivity contribution in [3.8, 4) is 0 Å². The minimum absolute atomic E-state index is 0.0325. The van der Waals surface area contributed by atoms with Gasteiger partial charge in [0.05, 0.1) is 0 Å². The lowest BCUT2D eigenvalue weighted by Crippen LogP contribution is -2.62. The van der Waals surface area contributed by atoms with Crippen molar-refractivity contribution >= 4 is 11.7 Å². The number of aryl methyl sites for hydroxylation is 1. The Morgan fingerprint density at radius 2 is 1.82 bits per heavy atom. The summed E-state index contributed by atoms with van der Waals surface area (Å²) in [5, 5.41) is 3.06. The highest BCUT2D eigenvalue weighted by Crippen LogP contribution is 2.20. The predicted octanol–water partition coefficient (Wildman–Crippen LogP) is 3.59. The fourth-order valence-electron chi connectivity index (χ4n) is 3.05. The number of hydrogen-bond acceptors (Lipinski definition) is 2. The van der Waals surface area contributed by atoms with Crippen molar-refractivity contribution in [2.24, 2.45) is 0 Å². The molecule has 0 radical (unpaired) electrons. The van der Waals surface area contributed by atoms with Gasteiger partial charge in [0.15, 0.2) is 0 Å². The first-order chi connectivity index (χ1) is 10.7. The quantitative estimate of drug-likeness (QED) is 0.835. The van der Waals surface area contributed by atoms with E-state index in [9.17, 15) is 4.79 Å². The van der Waals surface area contributed by atoms with E-state index in [0.29, 0.717) is 6.04 Å². The second kappa shape index (κ2) is 8.18. The van der Waals surface area contributed by atoms with E-state index in [1.54, 1.807) is 0 Å². The van der Waals surface area contributed by atoms with Crippen LogP contribution in [0.1, 0.15) is 39.2 Å². The van der Waals surface area contributed by atoms with E-state index in [1.165, 1.54) is 18.4 Å². The van der Waals surface area contributed by atoms with E-state index in [1.807, 2.05) is 23.1 Å². The molecule has 2 amide bonds. The summed E-state index contributed by atoms with van der Waals surface area (Å²) in [6.45, 7) is 10.5. The highest BCUT2D eigenvalue weighted by molar-refractivity contribution is 5.90. The standard InChI is InChI=1S/C18H29N3O/c1-4-11-20(12-5-2)16-13-21(14-16)18(22)19-17-10-8-7-9-15(17)6-3/h7-10,16H,4-6,11-14H2,1-3H3,(H,19,22). The molecule has 4 nitrogen and oxygen atoms in total. The number of urea groups is 1. The van der Waals surface area contributed by atoms with Gasteiger partial charge in [-0.25, -0.2) is 4.79 Å². The molecule has 0 atom stereocenters. The van der Waals surface area contributed by atoms with Crippen molar-refractivity contribution in [3.05, 3.63) is 29.8 Å². The van der Waals surface area contributed by atoms with Crippen LogP contribution in [0.5, 0.6) is 0 Å². The van der Waals surface area contributed by atoms with Gasteiger partial charge in [0, 0.05) is 24.8 Å². The SMILES string of the molecule is CCCN(CCC)C1CN(C(=O)Nc2ccccc2CC)C1. The molecule has 0 aromatic heterocycles. The van der Waals surface area contributed by atoms with Crippen LogP contribution in [0.25, 0.3) is 0 Å². The average Bonchev–Trinajstić information content (AvgIpc) is 2.46. The summed E-state index contributed by atoms with van der Waals surface area (Å²) in [4.78, 5) is 16.8. The van der Waals surface area contributed by atoms with Gasteiger partial charge in [0.2, 0.25) is 0 Å². The van der Waals surface area contributed by atoms with E-state index in [4.69, 9.17) is 0 Å². The predicted molar refractivity (Wildman–Crippen MR) is 92.4 cm³/mol. The van der Waals surface area contributed by atoms with Gasteiger partial charge in [-0.3, -0.25) is 4.90 Å². The fraction of sp³-hybridized carbons (Fsp3) is 0.611. The number of carbonyl (C=O) groups is 1. The molecule has 122 valence electrons. The molecular weight excluding hydrogens is 274 g/mol. The van der Waals surface area contributed by atoms with Crippen molar-refractivity contribution in [3.63, 3.8) is 0 Å². The average molecular weight is 303 g/mol. The summed E-state index contributed by atoms with van der Waals surface area (Å²) in [6.07, 6.45) is 3.28. The number of likely N-dealkylation sites (tertiary alicyclic amines) is 1. The maximum Gasteiger partial charge on any atom is 0.321 e. The molecule has 1 aliphatic rings. The lowest BCUT2D eigenvalue weighted by Gasteiger charge is -2.45. The number of nitrogens with zero attached hydrogens (tertiary/aromatic N) is 2. The highest BCUT2D eigenvalue weighted by atomic mass is 16.2. The summed E-state index contributed by atoms with van der Waals surface area (Å²) in [5.74, 6) is 0. The number of hydrogen-bond donors (Lipinski definition) is 1. The molecule has 0 spiro atoms. The molecule has 0 unspecified atom stereocenters. The van der Waals surface area contributed by atoms with E-state index >= 15 is 0 Å². The maximum absolute atomic E-state index is 12.3. The van der Waals surface area contributed by atoms with Crippen LogP contribution in [-0.2, 0) is 6.42 Å². The first-order valence-corrected chi connectivity index (χ1v) is 8.57. The van der Waals surface area contributed by atoms with Crippen molar-refractivity contribution in [1.82, 2.24) is 9.80 Å². The Morgan fingerprint density at radius 3 is 2.41 bits per heavy atom. The first kappa shape index (κ1) is 16.8. The van der Waals surface area contributed by atoms with E-state index in [0.717, 1.165) is 38.3 Å². The first-order valence-electron chi connectivity index (χ1n) is 8.57. The zero-order valence-corrected chi connectivity index (χ0v) is 14.1. The van der Waals surface area contributed by atoms with Gasteiger partial charge in [-0.05, 0) is 44.0 Å². The zero-order chi connectivity index (χ0) is 15.9. The number of carbonyl (C=O) groups excluding carboxylic acids is 1. The van der Waals surface area contributed by atoms with Gasteiger partial charge in [0.1, 0.15) is 0 Å². The molecule has 1 heterocycles. The molecule has 0 aliphatic carbocycles. The van der Waals surface area contributed by atoms with Gasteiger partial charge in [-0.15, -0.1) is 0 Å². The lowest BCUT2D eigenvalue weighted by atomic mass is 10.1. The van der Waals surface area contributed by atoms with Crippen LogP contribution in [0.15, 0.2) is 24.3 Å². The topological polar surface area (TPSA) is 35.6 Å². The fourth-order valence-corrected chi connectivity index (χ4v) is 3.05. The van der Waals surface area contributed by atoms with Gasteiger partial charge in [-0.1, -0.05) is 39.0 Å². The Balaban J connectivity index is 1.86. The minimum atomic E-state index is 0.0325. The number of nitrogens with one attached hydrogen (secondary N) is 1. The molecule has 2 rings (SSSR count). The van der Waals surface area contributed by atoms with Crippen molar-refractivity contribution < 1.29 is 4.79 Å². The Morgan fingerprint density at radius 1 is 1.18 bits per heavy atom. The lowest BCUT2D eigenvalue weighted by molar-refractivity contribution is 0.0614. The summed E-state index contributed by atoms with van der Waals surface area (Å²) in [6, 6.07) is 8.60. The Kier molecular flexibility index (Phi) is 6.25. The zero-order valence-electron chi connectivity index (χ0n) is 14.1. The highest BCUT2D eigenvalue weighted by Gasteiger charge is 2.34. The van der Waals surface area contributed by atoms with Crippen LogP contribution in [0.3, 0.4) is 0 Å². The number of anilines is 1. The smallest absolute Gasteiger partial charge is 0.321 e. The maximum atomic E-state index is 12.3. The van der Waals surface area contributed by atoms with Crippen LogP contribution in [0.2, 0.25) is 0 Å². The van der Waals surface area contributed by atoms with Crippen LogP contribution in [-0.4, -0.2) is 48.1 Å². The molecule has 0 bridgehead atoms. The molecule has 0 saturated carbocycles. The third-order valence-corrected chi connectivity index (χ3v) is 4.33. The van der Waals surface area contributed by atoms with Crippen LogP contribution in [0.4, 0.5) is 10.5 Å². The van der Waals surface area contributed by atoms with E-state index < -0.39 is 0 Å². The third kappa shape index (κ3) is 4.01. The molecule has 1 fully saturated rings. The Hall–Kier alpha value is -1.55. The van der Waals surface area contributed by atoms with Crippen molar-refractivity contribution in [2.75, 3.05) is 31.5 Å². The van der Waals surface area contributed by atoms with Crippen LogP contribution < -0.4 is 5.32 Å². The van der Waals surface area contributed by atoms with Gasteiger partial charge < -0.3 is 10.2 Å². The minimum Gasteiger partial charge on any atom is -0.321 e. The van der Waals surface area contributed by atoms with Crippen LogP contribution in [0, 0.1) is 0 Å². The second-order valence-corrected chi connectivity index (χ2v) is 6.04. The van der Waals surface area contributed by atoms with Crippen LogP contribution >= 0.6 is 0 Å². The van der Waals surface area contributed by atoms with Gasteiger partial charge in [-0.2, -0.15) is 0 Å². The summed E-state index contributed by atoms with van der Waals surface area (Å²) in [7, 11) is 0. The summed E-state index contributed by atoms with van der Waals surface area (Å²) in [5.41, 5.74) is 2.13. The largest absolute Gasteiger partial charge is 0.321 e. The molecule has 22 heavy (non-hydrogen) atoms. The summed E-state index contributed by atoms with van der Waals surface area (Å²) >= 11 is 0. The van der Waals surface area contributed by atoms with Crippen molar-refractivity contribution in [2.45, 2.75) is 46.1 Å². The number of benzene rings is 1. The molecular formula is C18H29N3O. The summed E-state index contributed by atoms with van der Waals surface area (Å²) < 4.78 is 0. The molecule has 1 aromatic rings. The molecule has 1 saturated heterocycles. The number of amides is 2. The van der Waals surface area contributed by atoms with Gasteiger partial charge >= 0.3 is 6.03 Å². The molecule has 1 aromatic carbocycles. The van der Waals surface area contributed by atoms with E-state index in [2.05, 4.69) is 37.1 Å². The van der Waals surface area contributed by atoms with E-state index in [-0.39, 0.29) is 6.03 Å². The number of rotatable bonds is 7.